The summed E-state index contributed by atoms with van der Waals surface area (Å²) < 4.78 is 1.15. The number of hydrogen-bond donors (Lipinski definition) is 1. The van der Waals surface area contributed by atoms with Crippen LogP contribution in [0.1, 0.15) is 12.0 Å². The third-order valence-corrected chi connectivity index (χ3v) is 3.23. The molecule has 1 N–H and O–H groups in total. The number of rotatable bonds is 3. The third-order valence-electron chi connectivity index (χ3n) is 1.65. The van der Waals surface area contributed by atoms with E-state index in [0.29, 0.717) is 5.75 Å². The number of phenols is 1. The fraction of sp³-hybridized carbons (Fsp3) is 0.333. The van der Waals surface area contributed by atoms with Crippen LogP contribution in [0.4, 0.5) is 0 Å². The summed E-state index contributed by atoms with van der Waals surface area (Å²) in [5, 5.41) is 10.5. The molecular formula is C9H10BrIO. The summed E-state index contributed by atoms with van der Waals surface area (Å²) in [5.74, 6) is 0.419. The number of phenolic OH excluding ortho intramolecular Hbond substituents is 1. The second-order valence-electron chi connectivity index (χ2n) is 2.53. The largest absolute Gasteiger partial charge is 0.508 e. The highest BCUT2D eigenvalue weighted by atomic mass is 127. The van der Waals surface area contributed by atoms with Crippen molar-refractivity contribution in [1.82, 2.24) is 0 Å². The number of aromatic hydroxyl groups is 1. The van der Waals surface area contributed by atoms with E-state index in [9.17, 15) is 5.11 Å². The van der Waals surface area contributed by atoms with Crippen LogP contribution in [0.15, 0.2) is 18.2 Å². The third kappa shape index (κ3) is 2.62. The molecule has 1 nitrogen and oxygen atoms in total. The molecular weight excluding hydrogens is 331 g/mol. The van der Waals surface area contributed by atoms with Gasteiger partial charge in [-0.15, -0.1) is 0 Å². The molecule has 1 rings (SSSR count). The first-order valence-corrected chi connectivity index (χ1v) is 5.98. The summed E-state index contributed by atoms with van der Waals surface area (Å²) in [4.78, 5) is 0. The van der Waals surface area contributed by atoms with Gasteiger partial charge in [0, 0.05) is 14.5 Å². The number of benzene rings is 1. The van der Waals surface area contributed by atoms with Crippen molar-refractivity contribution >= 4 is 38.5 Å². The lowest BCUT2D eigenvalue weighted by atomic mass is 10.1. The number of alkyl halides is 1. The highest BCUT2D eigenvalue weighted by Gasteiger charge is 2.03. The van der Waals surface area contributed by atoms with Crippen LogP contribution in [0, 0.1) is 3.57 Å². The molecule has 0 aliphatic heterocycles. The van der Waals surface area contributed by atoms with Crippen molar-refractivity contribution in [1.29, 1.82) is 0 Å². The molecule has 0 bridgehead atoms. The fourth-order valence-electron chi connectivity index (χ4n) is 1.04. The fourth-order valence-corrected chi connectivity index (χ4v) is 2.07. The molecule has 0 unspecified atom stereocenters. The van der Waals surface area contributed by atoms with E-state index in [1.165, 1.54) is 0 Å². The Labute approximate surface area is 94.4 Å². The molecule has 0 fully saturated rings. The second kappa shape index (κ2) is 5.07. The molecule has 0 aliphatic rings. The molecule has 0 radical (unpaired) electrons. The van der Waals surface area contributed by atoms with Gasteiger partial charge in [0.1, 0.15) is 5.75 Å². The normalized spacial score (nSPS) is 10.2. The van der Waals surface area contributed by atoms with Gasteiger partial charge in [-0.05, 0) is 47.6 Å². The second-order valence-corrected chi connectivity index (χ2v) is 4.49. The van der Waals surface area contributed by atoms with Gasteiger partial charge >= 0.3 is 0 Å². The zero-order valence-electron chi connectivity index (χ0n) is 6.56. The summed E-state index contributed by atoms with van der Waals surface area (Å²) in [5.41, 5.74) is 1.07. The molecule has 0 aromatic heterocycles. The first-order valence-electron chi connectivity index (χ1n) is 3.78. The Morgan fingerprint density at radius 2 is 2.17 bits per heavy atom. The van der Waals surface area contributed by atoms with Gasteiger partial charge in [-0.1, -0.05) is 22.0 Å². The van der Waals surface area contributed by atoms with Gasteiger partial charge in [-0.25, -0.2) is 0 Å². The lowest BCUT2D eigenvalue weighted by molar-refractivity contribution is 0.467. The first kappa shape index (κ1) is 10.3. The maximum atomic E-state index is 9.50. The van der Waals surface area contributed by atoms with Crippen molar-refractivity contribution in [2.75, 3.05) is 5.33 Å². The summed E-state index contributed by atoms with van der Waals surface area (Å²) in [6, 6.07) is 5.63. The van der Waals surface area contributed by atoms with Crippen molar-refractivity contribution in [3.63, 3.8) is 0 Å². The molecule has 66 valence electrons. The van der Waals surface area contributed by atoms with Crippen LogP contribution in [0.3, 0.4) is 0 Å². The van der Waals surface area contributed by atoms with Gasteiger partial charge in [0.15, 0.2) is 0 Å². The summed E-state index contributed by atoms with van der Waals surface area (Å²) in [6.45, 7) is 0. The highest BCUT2D eigenvalue weighted by Crippen LogP contribution is 2.23. The van der Waals surface area contributed by atoms with Crippen LogP contribution in [0.2, 0.25) is 0 Å². The van der Waals surface area contributed by atoms with Gasteiger partial charge in [0.25, 0.3) is 0 Å². The SMILES string of the molecule is Oc1cccc(I)c1CCCBr. The maximum absolute atomic E-state index is 9.50. The van der Waals surface area contributed by atoms with Crippen LogP contribution in [0.25, 0.3) is 0 Å². The average Bonchev–Trinajstić information content (AvgIpc) is 2.04. The minimum absolute atomic E-state index is 0.419. The summed E-state index contributed by atoms with van der Waals surface area (Å²) >= 11 is 5.62. The monoisotopic (exact) mass is 340 g/mol. The van der Waals surface area contributed by atoms with Crippen molar-refractivity contribution in [2.45, 2.75) is 12.8 Å². The molecule has 0 saturated carbocycles. The van der Waals surface area contributed by atoms with Gasteiger partial charge in [-0.2, -0.15) is 0 Å². The topological polar surface area (TPSA) is 20.2 Å². The van der Waals surface area contributed by atoms with Crippen LogP contribution >= 0.6 is 38.5 Å². The number of halogens is 2. The molecule has 0 spiro atoms. The predicted octanol–water partition coefficient (Wildman–Crippen LogP) is 3.32. The molecule has 0 heterocycles. The molecule has 1 aromatic carbocycles. The standard InChI is InChI=1S/C9H10BrIO/c10-6-2-3-7-8(11)4-1-5-9(7)12/h1,4-5,12H,2-3,6H2. The van der Waals surface area contributed by atoms with Crippen LogP contribution in [-0.4, -0.2) is 10.4 Å². The molecule has 0 atom stereocenters. The Bertz CT molecular complexity index is 242. The van der Waals surface area contributed by atoms with E-state index in [2.05, 4.69) is 38.5 Å². The number of hydrogen-bond acceptors (Lipinski definition) is 1. The van der Waals surface area contributed by atoms with E-state index in [4.69, 9.17) is 0 Å². The Kier molecular flexibility index (Phi) is 4.35. The zero-order chi connectivity index (χ0) is 8.97. The molecule has 0 saturated heterocycles. The Morgan fingerprint density at radius 1 is 1.42 bits per heavy atom. The van der Waals surface area contributed by atoms with E-state index in [-0.39, 0.29) is 0 Å². The van der Waals surface area contributed by atoms with Gasteiger partial charge < -0.3 is 5.11 Å². The zero-order valence-corrected chi connectivity index (χ0v) is 10.3. The molecule has 3 heteroatoms. The molecule has 0 aliphatic carbocycles. The van der Waals surface area contributed by atoms with E-state index < -0.39 is 0 Å². The van der Waals surface area contributed by atoms with E-state index in [1.807, 2.05) is 12.1 Å². The smallest absolute Gasteiger partial charge is 0.119 e. The quantitative estimate of drug-likeness (QED) is 0.661. The highest BCUT2D eigenvalue weighted by molar-refractivity contribution is 14.1. The Hall–Kier alpha value is 0.230. The van der Waals surface area contributed by atoms with E-state index >= 15 is 0 Å². The lowest BCUT2D eigenvalue weighted by Gasteiger charge is -2.05. The Balaban J connectivity index is 2.81. The molecule has 1 aromatic rings. The lowest BCUT2D eigenvalue weighted by Crippen LogP contribution is -1.90. The average molecular weight is 341 g/mol. The maximum Gasteiger partial charge on any atom is 0.119 e. The van der Waals surface area contributed by atoms with E-state index in [1.54, 1.807) is 6.07 Å². The van der Waals surface area contributed by atoms with Gasteiger partial charge in [0.2, 0.25) is 0 Å². The van der Waals surface area contributed by atoms with Crippen molar-refractivity contribution in [3.8, 4) is 5.75 Å². The summed E-state index contributed by atoms with van der Waals surface area (Å²) in [6.07, 6.45) is 2.00. The van der Waals surface area contributed by atoms with Crippen LogP contribution in [-0.2, 0) is 6.42 Å². The summed E-state index contributed by atoms with van der Waals surface area (Å²) in [7, 11) is 0. The Morgan fingerprint density at radius 3 is 2.75 bits per heavy atom. The molecule has 0 amide bonds. The van der Waals surface area contributed by atoms with Crippen LogP contribution < -0.4 is 0 Å². The molecule has 12 heavy (non-hydrogen) atoms. The van der Waals surface area contributed by atoms with Crippen molar-refractivity contribution in [3.05, 3.63) is 27.3 Å². The minimum atomic E-state index is 0.419. The first-order chi connectivity index (χ1) is 5.75. The minimum Gasteiger partial charge on any atom is -0.508 e. The predicted molar refractivity (Wildman–Crippen MR) is 62.9 cm³/mol. The van der Waals surface area contributed by atoms with Gasteiger partial charge in [0.05, 0.1) is 0 Å². The van der Waals surface area contributed by atoms with Crippen LogP contribution in [0.5, 0.6) is 5.75 Å². The van der Waals surface area contributed by atoms with Crippen molar-refractivity contribution < 1.29 is 5.11 Å². The van der Waals surface area contributed by atoms with Gasteiger partial charge in [-0.3, -0.25) is 0 Å². The van der Waals surface area contributed by atoms with E-state index in [0.717, 1.165) is 27.3 Å². The van der Waals surface area contributed by atoms with Crippen molar-refractivity contribution in [2.24, 2.45) is 0 Å².